The molecule has 134 valence electrons. The Balaban J connectivity index is 1.62. The zero-order chi connectivity index (χ0) is 17.0. The van der Waals surface area contributed by atoms with Gasteiger partial charge in [0, 0.05) is 44.4 Å². The first-order valence-corrected chi connectivity index (χ1v) is 8.21. The van der Waals surface area contributed by atoms with E-state index in [2.05, 4.69) is 15.2 Å². The number of anilines is 1. The summed E-state index contributed by atoms with van der Waals surface area (Å²) in [5.41, 5.74) is -0.734. The van der Waals surface area contributed by atoms with Gasteiger partial charge in [0.2, 0.25) is 0 Å². The van der Waals surface area contributed by atoms with Gasteiger partial charge in [0.25, 0.3) is 0 Å². The maximum Gasteiger partial charge on any atom is 0.417 e. The maximum atomic E-state index is 12.6. The number of hydrogen-bond donors (Lipinski definition) is 1. The van der Waals surface area contributed by atoms with Gasteiger partial charge < -0.3 is 14.8 Å². The van der Waals surface area contributed by atoms with Gasteiger partial charge in [-0.15, -0.1) is 0 Å². The summed E-state index contributed by atoms with van der Waals surface area (Å²) in [6, 6.07) is 2.70. The Morgan fingerprint density at radius 1 is 1.21 bits per heavy atom. The molecule has 2 atom stereocenters. The number of nitrogens with one attached hydrogen (secondary N) is 1. The number of morpholine rings is 1. The smallest absolute Gasteiger partial charge is 0.381 e. The minimum atomic E-state index is -4.36. The van der Waals surface area contributed by atoms with Gasteiger partial charge in [0.1, 0.15) is 5.82 Å². The van der Waals surface area contributed by atoms with E-state index in [4.69, 9.17) is 9.47 Å². The average molecular weight is 345 g/mol. The molecule has 0 spiro atoms. The number of rotatable bonds is 5. The average Bonchev–Trinajstić information content (AvgIpc) is 3.10. The summed E-state index contributed by atoms with van der Waals surface area (Å²) in [6.45, 7) is 5.28. The van der Waals surface area contributed by atoms with Crippen LogP contribution in [0.15, 0.2) is 18.3 Å². The number of aromatic nitrogens is 1. The van der Waals surface area contributed by atoms with Crippen LogP contribution in [0.2, 0.25) is 0 Å². The molecule has 0 radical (unpaired) electrons. The van der Waals surface area contributed by atoms with E-state index in [0.29, 0.717) is 31.5 Å². The first-order valence-electron chi connectivity index (χ1n) is 8.21. The van der Waals surface area contributed by atoms with Gasteiger partial charge in [-0.25, -0.2) is 4.98 Å². The highest BCUT2D eigenvalue weighted by atomic mass is 19.4. The van der Waals surface area contributed by atoms with E-state index in [1.54, 1.807) is 0 Å². The van der Waals surface area contributed by atoms with Crippen molar-refractivity contribution in [3.63, 3.8) is 0 Å². The summed E-state index contributed by atoms with van der Waals surface area (Å²) < 4.78 is 48.7. The first-order chi connectivity index (χ1) is 11.5. The normalized spacial score (nSPS) is 24.0. The van der Waals surface area contributed by atoms with Crippen molar-refractivity contribution < 1.29 is 22.6 Å². The Hall–Kier alpha value is -1.38. The molecule has 8 heteroatoms. The van der Waals surface area contributed by atoms with E-state index in [1.807, 2.05) is 0 Å². The Kier molecular flexibility index (Phi) is 5.57. The molecule has 1 N–H and O–H groups in total. The number of pyridine rings is 1. The van der Waals surface area contributed by atoms with E-state index in [1.165, 1.54) is 6.07 Å². The first kappa shape index (κ1) is 17.4. The molecule has 2 aliphatic rings. The van der Waals surface area contributed by atoms with Gasteiger partial charge in [-0.05, 0) is 18.6 Å². The molecule has 2 fully saturated rings. The topological polar surface area (TPSA) is 46.6 Å². The highest BCUT2D eigenvalue weighted by molar-refractivity contribution is 5.36. The molecule has 3 rings (SSSR count). The summed E-state index contributed by atoms with van der Waals surface area (Å²) in [5.74, 6) is 0.880. The highest BCUT2D eigenvalue weighted by Crippen LogP contribution is 2.29. The molecule has 0 amide bonds. The van der Waals surface area contributed by atoms with E-state index >= 15 is 0 Å². The van der Waals surface area contributed by atoms with Crippen LogP contribution in [0.25, 0.3) is 0 Å². The molecule has 0 saturated carbocycles. The second kappa shape index (κ2) is 7.67. The summed E-state index contributed by atoms with van der Waals surface area (Å²) in [6.07, 6.45) is -2.49. The molecule has 0 aromatic carbocycles. The predicted octanol–water partition coefficient (Wildman–Crippen LogP) is 2.25. The van der Waals surface area contributed by atoms with Crippen molar-refractivity contribution in [1.29, 1.82) is 0 Å². The Morgan fingerprint density at radius 3 is 2.58 bits per heavy atom. The number of halogens is 3. The fourth-order valence-electron chi connectivity index (χ4n) is 3.23. The SMILES string of the molecule is FC(F)(F)c1ccc(NCC(C2CCOC2)N2CCOCC2)nc1. The molecule has 5 nitrogen and oxygen atoms in total. The lowest BCUT2D eigenvalue weighted by Gasteiger charge is -2.37. The van der Waals surface area contributed by atoms with Crippen molar-refractivity contribution in [3.8, 4) is 0 Å². The molecule has 3 heterocycles. The van der Waals surface area contributed by atoms with Crippen molar-refractivity contribution in [2.24, 2.45) is 5.92 Å². The monoisotopic (exact) mass is 345 g/mol. The summed E-state index contributed by atoms with van der Waals surface area (Å²) in [4.78, 5) is 6.26. The highest BCUT2D eigenvalue weighted by Gasteiger charge is 2.32. The third-order valence-electron chi connectivity index (χ3n) is 4.61. The van der Waals surface area contributed by atoms with Crippen molar-refractivity contribution in [3.05, 3.63) is 23.9 Å². The number of alkyl halides is 3. The van der Waals surface area contributed by atoms with Crippen LogP contribution in [-0.4, -0.2) is 62.0 Å². The number of nitrogens with zero attached hydrogens (tertiary/aromatic N) is 2. The lowest BCUT2D eigenvalue weighted by molar-refractivity contribution is -0.137. The number of hydrogen-bond acceptors (Lipinski definition) is 5. The molecule has 0 bridgehead atoms. The van der Waals surface area contributed by atoms with Gasteiger partial charge in [0.15, 0.2) is 0 Å². The van der Waals surface area contributed by atoms with Crippen molar-refractivity contribution in [1.82, 2.24) is 9.88 Å². The molecule has 0 aliphatic carbocycles. The molecule has 2 saturated heterocycles. The van der Waals surface area contributed by atoms with E-state index in [9.17, 15) is 13.2 Å². The van der Waals surface area contributed by atoms with Crippen LogP contribution < -0.4 is 5.32 Å². The van der Waals surface area contributed by atoms with Crippen LogP contribution in [0.3, 0.4) is 0 Å². The van der Waals surface area contributed by atoms with Crippen molar-refractivity contribution in [2.75, 3.05) is 51.4 Å². The van der Waals surface area contributed by atoms with Gasteiger partial charge in [-0.2, -0.15) is 13.2 Å². The van der Waals surface area contributed by atoms with E-state index < -0.39 is 11.7 Å². The molecular formula is C16H22F3N3O2. The van der Waals surface area contributed by atoms with Gasteiger partial charge in [-0.1, -0.05) is 0 Å². The minimum Gasteiger partial charge on any atom is -0.381 e. The zero-order valence-electron chi connectivity index (χ0n) is 13.4. The van der Waals surface area contributed by atoms with Crippen molar-refractivity contribution in [2.45, 2.75) is 18.6 Å². The van der Waals surface area contributed by atoms with Crippen LogP contribution in [0, 0.1) is 5.92 Å². The Morgan fingerprint density at radius 2 is 2.00 bits per heavy atom. The fraction of sp³-hybridized carbons (Fsp3) is 0.688. The predicted molar refractivity (Wildman–Crippen MR) is 82.8 cm³/mol. The third-order valence-corrected chi connectivity index (χ3v) is 4.61. The lowest BCUT2D eigenvalue weighted by atomic mass is 9.97. The van der Waals surface area contributed by atoms with E-state index in [0.717, 1.165) is 45.0 Å². The fourth-order valence-corrected chi connectivity index (χ4v) is 3.23. The molecule has 1 aromatic rings. The van der Waals surface area contributed by atoms with Gasteiger partial charge >= 0.3 is 6.18 Å². The second-order valence-corrected chi connectivity index (χ2v) is 6.15. The molecular weight excluding hydrogens is 323 g/mol. The zero-order valence-corrected chi connectivity index (χ0v) is 13.4. The van der Waals surface area contributed by atoms with Gasteiger partial charge in [-0.3, -0.25) is 4.90 Å². The molecule has 2 aliphatic heterocycles. The minimum absolute atomic E-state index is 0.264. The van der Waals surface area contributed by atoms with Crippen LogP contribution >= 0.6 is 0 Å². The quantitative estimate of drug-likeness (QED) is 0.887. The molecule has 24 heavy (non-hydrogen) atoms. The van der Waals surface area contributed by atoms with Crippen LogP contribution in [0.1, 0.15) is 12.0 Å². The van der Waals surface area contributed by atoms with Crippen LogP contribution in [0.4, 0.5) is 19.0 Å². The van der Waals surface area contributed by atoms with Crippen LogP contribution in [0.5, 0.6) is 0 Å². The standard InChI is InChI=1S/C16H22F3N3O2/c17-16(18,19)13-1-2-15(20-9-13)21-10-14(12-3-6-24-11-12)22-4-7-23-8-5-22/h1-2,9,12,14H,3-8,10-11H2,(H,20,21). The lowest BCUT2D eigenvalue weighted by Crippen LogP contribution is -2.50. The van der Waals surface area contributed by atoms with Crippen molar-refractivity contribution >= 4 is 5.82 Å². The molecule has 2 unspecified atom stereocenters. The number of ether oxygens (including phenoxy) is 2. The summed E-state index contributed by atoms with van der Waals surface area (Å²) in [7, 11) is 0. The van der Waals surface area contributed by atoms with Crippen LogP contribution in [-0.2, 0) is 15.7 Å². The Labute approximate surface area is 139 Å². The summed E-state index contributed by atoms with van der Waals surface area (Å²) >= 11 is 0. The third kappa shape index (κ3) is 4.37. The van der Waals surface area contributed by atoms with E-state index in [-0.39, 0.29) is 6.04 Å². The maximum absolute atomic E-state index is 12.6. The molecule has 1 aromatic heterocycles. The largest absolute Gasteiger partial charge is 0.417 e. The van der Waals surface area contributed by atoms with Gasteiger partial charge in [0.05, 0.1) is 25.4 Å². The Bertz CT molecular complexity index is 512. The summed E-state index contributed by atoms with van der Waals surface area (Å²) in [5, 5.41) is 3.18. The second-order valence-electron chi connectivity index (χ2n) is 6.15.